The highest BCUT2D eigenvalue weighted by Crippen LogP contribution is 2.18. The number of fused-ring (bicyclic) bond motifs is 1. The molecular formula is C11H11N3O3. The lowest BCUT2D eigenvalue weighted by Gasteiger charge is -2.10. The van der Waals surface area contributed by atoms with Crippen LogP contribution in [-0.4, -0.2) is 26.9 Å². The number of hydrogen-bond donors (Lipinski definition) is 2. The lowest BCUT2D eigenvalue weighted by Crippen LogP contribution is -2.29. The third kappa shape index (κ3) is 1.96. The van der Waals surface area contributed by atoms with Crippen LogP contribution in [0, 0.1) is 6.92 Å². The Kier molecular flexibility index (Phi) is 2.78. The maximum Gasteiger partial charge on any atom is 0.405 e. The van der Waals surface area contributed by atoms with Crippen LogP contribution in [0.2, 0.25) is 0 Å². The number of aryl methyl sites for hydroxylation is 1. The zero-order valence-electron chi connectivity index (χ0n) is 9.12. The number of nitrogens with zero attached hydrogens (tertiary/aromatic N) is 2. The van der Waals surface area contributed by atoms with Crippen LogP contribution in [0.1, 0.15) is 17.4 Å². The lowest BCUT2D eigenvalue weighted by molar-refractivity contribution is -0.109. The van der Waals surface area contributed by atoms with Crippen LogP contribution in [-0.2, 0) is 4.79 Å². The number of imidazole rings is 1. The van der Waals surface area contributed by atoms with Crippen LogP contribution in [0.15, 0.2) is 24.4 Å². The minimum atomic E-state index is -1.24. The Labute approximate surface area is 96.9 Å². The predicted molar refractivity (Wildman–Crippen MR) is 59.9 cm³/mol. The van der Waals surface area contributed by atoms with Crippen molar-refractivity contribution in [2.75, 3.05) is 0 Å². The first kappa shape index (κ1) is 11.1. The molecule has 2 N–H and O–H groups in total. The maximum absolute atomic E-state index is 11.0. The molecule has 0 saturated heterocycles. The van der Waals surface area contributed by atoms with E-state index in [1.54, 1.807) is 29.7 Å². The number of carbonyl (C=O) groups excluding carboxylic acids is 1. The molecule has 0 bridgehead atoms. The Hall–Kier alpha value is -2.37. The molecule has 0 saturated carbocycles. The van der Waals surface area contributed by atoms with Crippen molar-refractivity contribution in [2.24, 2.45) is 0 Å². The summed E-state index contributed by atoms with van der Waals surface area (Å²) in [7, 11) is 0. The van der Waals surface area contributed by atoms with Crippen LogP contribution < -0.4 is 5.32 Å². The molecule has 0 aliphatic carbocycles. The Bertz CT molecular complexity index is 576. The minimum Gasteiger partial charge on any atom is -0.465 e. The smallest absolute Gasteiger partial charge is 0.405 e. The molecule has 2 rings (SSSR count). The molecule has 1 amide bonds. The molecule has 0 radical (unpaired) electrons. The molecule has 1 unspecified atom stereocenters. The summed E-state index contributed by atoms with van der Waals surface area (Å²) in [5.74, 6) is 0. The summed E-state index contributed by atoms with van der Waals surface area (Å²) in [5, 5.41) is 10.8. The van der Waals surface area contributed by atoms with Gasteiger partial charge in [-0.25, -0.2) is 9.78 Å². The number of aromatic nitrogens is 2. The molecule has 2 heterocycles. The summed E-state index contributed by atoms with van der Waals surface area (Å²) in [6.07, 6.45) is 1.05. The molecular weight excluding hydrogens is 222 g/mol. The van der Waals surface area contributed by atoms with Crippen molar-refractivity contribution in [1.29, 1.82) is 0 Å². The Morgan fingerprint density at radius 3 is 3.00 bits per heavy atom. The Morgan fingerprint density at radius 1 is 1.59 bits per heavy atom. The normalized spacial score (nSPS) is 12.3. The van der Waals surface area contributed by atoms with Crippen molar-refractivity contribution >= 4 is 18.0 Å². The van der Waals surface area contributed by atoms with E-state index in [0.717, 1.165) is 0 Å². The van der Waals surface area contributed by atoms with Gasteiger partial charge >= 0.3 is 6.09 Å². The predicted octanol–water partition coefficient (Wildman–Crippen LogP) is 1.15. The van der Waals surface area contributed by atoms with Crippen molar-refractivity contribution in [2.45, 2.75) is 13.0 Å². The summed E-state index contributed by atoms with van der Waals surface area (Å²) in [6, 6.07) is 4.50. The zero-order chi connectivity index (χ0) is 12.4. The van der Waals surface area contributed by atoms with E-state index in [2.05, 4.69) is 10.3 Å². The van der Waals surface area contributed by atoms with Gasteiger partial charge in [-0.1, -0.05) is 6.07 Å². The van der Waals surface area contributed by atoms with Crippen LogP contribution in [0.25, 0.3) is 5.65 Å². The number of aldehydes is 1. The number of carboxylic acid groups (broad SMARTS) is 1. The van der Waals surface area contributed by atoms with Gasteiger partial charge in [-0.3, -0.25) is 0 Å². The molecule has 0 spiro atoms. The average Bonchev–Trinajstić information content (AvgIpc) is 2.62. The number of hydrogen-bond acceptors (Lipinski definition) is 3. The first-order chi connectivity index (χ1) is 8.13. The first-order valence-corrected chi connectivity index (χ1v) is 5.02. The van der Waals surface area contributed by atoms with Gasteiger partial charge in [0.05, 0.1) is 11.4 Å². The van der Waals surface area contributed by atoms with E-state index in [1.165, 1.54) is 0 Å². The molecule has 88 valence electrons. The minimum absolute atomic E-state index is 0.540. The number of pyridine rings is 1. The van der Waals surface area contributed by atoms with Gasteiger partial charge in [-0.15, -0.1) is 0 Å². The molecule has 6 nitrogen and oxygen atoms in total. The fourth-order valence-corrected chi connectivity index (χ4v) is 1.81. The highest BCUT2D eigenvalue weighted by atomic mass is 16.4. The van der Waals surface area contributed by atoms with Gasteiger partial charge in [-0.2, -0.15) is 0 Å². The Balaban J connectivity index is 2.55. The second-order valence-electron chi connectivity index (χ2n) is 3.57. The second kappa shape index (κ2) is 4.25. The fourth-order valence-electron chi connectivity index (χ4n) is 1.81. The highest BCUT2D eigenvalue weighted by Gasteiger charge is 2.20. The van der Waals surface area contributed by atoms with E-state index in [0.29, 0.717) is 23.3 Å². The molecule has 0 fully saturated rings. The van der Waals surface area contributed by atoms with Gasteiger partial charge in [0.1, 0.15) is 18.0 Å². The SMILES string of the molecule is Cc1nc2ccccn2c1C(C=O)NC(=O)O. The van der Waals surface area contributed by atoms with Crippen molar-refractivity contribution < 1.29 is 14.7 Å². The van der Waals surface area contributed by atoms with E-state index in [9.17, 15) is 9.59 Å². The summed E-state index contributed by atoms with van der Waals surface area (Å²) in [6.45, 7) is 1.74. The van der Waals surface area contributed by atoms with Crippen LogP contribution in [0.5, 0.6) is 0 Å². The fraction of sp³-hybridized carbons (Fsp3) is 0.182. The van der Waals surface area contributed by atoms with Gasteiger partial charge in [0.25, 0.3) is 0 Å². The number of rotatable bonds is 3. The Morgan fingerprint density at radius 2 is 2.35 bits per heavy atom. The summed E-state index contributed by atoms with van der Waals surface area (Å²) in [4.78, 5) is 25.8. The number of amides is 1. The van der Waals surface area contributed by atoms with Crippen molar-refractivity contribution in [1.82, 2.24) is 14.7 Å². The van der Waals surface area contributed by atoms with Gasteiger partial charge < -0.3 is 19.6 Å². The molecule has 6 heteroatoms. The zero-order valence-corrected chi connectivity index (χ0v) is 9.12. The summed E-state index contributed by atoms with van der Waals surface area (Å²) in [5.41, 5.74) is 1.85. The molecule has 0 aromatic carbocycles. The number of nitrogens with one attached hydrogen (secondary N) is 1. The van der Waals surface area contributed by atoms with Gasteiger partial charge in [-0.05, 0) is 19.1 Å². The molecule has 0 aliphatic rings. The molecule has 2 aromatic rings. The average molecular weight is 233 g/mol. The van der Waals surface area contributed by atoms with Crippen LogP contribution in [0.3, 0.4) is 0 Å². The van der Waals surface area contributed by atoms with Crippen LogP contribution in [0.4, 0.5) is 4.79 Å². The van der Waals surface area contributed by atoms with Gasteiger partial charge in [0.2, 0.25) is 0 Å². The van der Waals surface area contributed by atoms with E-state index < -0.39 is 12.1 Å². The van der Waals surface area contributed by atoms with Crippen molar-refractivity contribution in [3.8, 4) is 0 Å². The van der Waals surface area contributed by atoms with Crippen molar-refractivity contribution in [3.63, 3.8) is 0 Å². The first-order valence-electron chi connectivity index (χ1n) is 5.02. The van der Waals surface area contributed by atoms with Crippen LogP contribution >= 0.6 is 0 Å². The molecule has 17 heavy (non-hydrogen) atoms. The standard InChI is InChI=1S/C11H11N3O3/c1-7-10(8(6-15)13-11(16)17)14-5-3-2-4-9(14)12-7/h2-6,8,13H,1H3,(H,16,17). The van der Waals surface area contributed by atoms with Gasteiger partial charge in [0.15, 0.2) is 0 Å². The van der Waals surface area contributed by atoms with E-state index in [1.807, 2.05) is 6.07 Å². The molecule has 1 atom stereocenters. The topological polar surface area (TPSA) is 83.7 Å². The van der Waals surface area contributed by atoms with E-state index >= 15 is 0 Å². The maximum atomic E-state index is 11.0. The van der Waals surface area contributed by atoms with E-state index in [-0.39, 0.29) is 0 Å². The number of carbonyl (C=O) groups is 2. The third-order valence-electron chi connectivity index (χ3n) is 2.46. The third-order valence-corrected chi connectivity index (χ3v) is 2.46. The summed E-state index contributed by atoms with van der Waals surface area (Å²) < 4.78 is 1.70. The van der Waals surface area contributed by atoms with Gasteiger partial charge in [0, 0.05) is 6.20 Å². The molecule has 2 aromatic heterocycles. The molecule has 0 aliphatic heterocycles. The van der Waals surface area contributed by atoms with Crippen molar-refractivity contribution in [3.05, 3.63) is 35.8 Å². The lowest BCUT2D eigenvalue weighted by atomic mass is 10.2. The summed E-state index contributed by atoms with van der Waals surface area (Å²) >= 11 is 0. The second-order valence-corrected chi connectivity index (χ2v) is 3.57. The quantitative estimate of drug-likeness (QED) is 0.779. The monoisotopic (exact) mass is 233 g/mol. The highest BCUT2D eigenvalue weighted by molar-refractivity contribution is 5.73. The largest absolute Gasteiger partial charge is 0.465 e. The van der Waals surface area contributed by atoms with E-state index in [4.69, 9.17) is 5.11 Å².